The lowest BCUT2D eigenvalue weighted by Crippen LogP contribution is -2.52. The number of hydrogen-bond acceptors (Lipinski definition) is 4. The fourth-order valence-corrected chi connectivity index (χ4v) is 4.63. The van der Waals surface area contributed by atoms with E-state index in [-0.39, 0.29) is 11.9 Å². The van der Waals surface area contributed by atoms with Crippen LogP contribution in [0.15, 0.2) is 79.1 Å². The second-order valence-electron chi connectivity index (χ2n) is 8.40. The van der Waals surface area contributed by atoms with Gasteiger partial charge in [0.1, 0.15) is 11.9 Å². The zero-order valence-electron chi connectivity index (χ0n) is 18.8. The summed E-state index contributed by atoms with van der Waals surface area (Å²) in [6.07, 6.45) is 3.75. The molecule has 0 spiro atoms. The summed E-state index contributed by atoms with van der Waals surface area (Å²) in [5.41, 5.74) is 3.99. The molecule has 7 nitrogen and oxygen atoms in total. The van der Waals surface area contributed by atoms with E-state index in [1.54, 1.807) is 18.3 Å². The van der Waals surface area contributed by atoms with Gasteiger partial charge < -0.3 is 20.1 Å². The summed E-state index contributed by atoms with van der Waals surface area (Å²) >= 11 is 0. The van der Waals surface area contributed by atoms with Gasteiger partial charge in [-0.05, 0) is 29.3 Å². The molecular weight excluding hydrogens is 424 g/mol. The van der Waals surface area contributed by atoms with Crippen LogP contribution in [0, 0.1) is 11.3 Å². The fraction of sp³-hybridized carbons (Fsp3) is 0.222. The summed E-state index contributed by atoms with van der Waals surface area (Å²) in [7, 11) is 0. The van der Waals surface area contributed by atoms with Crippen molar-refractivity contribution in [3.8, 4) is 6.07 Å². The highest BCUT2D eigenvalue weighted by molar-refractivity contribution is 5.84. The van der Waals surface area contributed by atoms with Crippen molar-refractivity contribution in [1.29, 1.82) is 5.26 Å². The molecule has 2 N–H and O–H groups in total. The van der Waals surface area contributed by atoms with Crippen LogP contribution in [0.25, 0.3) is 10.9 Å². The van der Waals surface area contributed by atoms with Gasteiger partial charge in [0, 0.05) is 61.9 Å². The molecule has 5 rings (SSSR count). The molecule has 7 heteroatoms. The summed E-state index contributed by atoms with van der Waals surface area (Å²) < 4.78 is 0. The van der Waals surface area contributed by atoms with E-state index in [0.717, 1.165) is 11.1 Å². The van der Waals surface area contributed by atoms with E-state index < -0.39 is 0 Å². The van der Waals surface area contributed by atoms with Crippen molar-refractivity contribution >= 4 is 22.8 Å². The molecule has 2 amide bonds. The third kappa shape index (κ3) is 4.30. The normalized spacial score (nSPS) is 14.6. The van der Waals surface area contributed by atoms with E-state index in [0.29, 0.717) is 44.1 Å². The molecule has 0 bridgehead atoms. The number of fused-ring (bicyclic) bond motifs is 1. The van der Waals surface area contributed by atoms with Crippen molar-refractivity contribution in [3.63, 3.8) is 0 Å². The zero-order valence-corrected chi connectivity index (χ0v) is 18.8. The number of urea groups is 1. The topological polar surface area (TPSA) is 88.1 Å². The number of carbonyl (C=O) groups is 1. The van der Waals surface area contributed by atoms with Gasteiger partial charge in [0.2, 0.25) is 0 Å². The minimum absolute atomic E-state index is 0.0364. The number of nitrogens with zero attached hydrogens (tertiary/aromatic N) is 4. The number of hydrogen-bond donors (Lipinski definition) is 2. The molecule has 1 atom stereocenters. The van der Waals surface area contributed by atoms with Crippen molar-refractivity contribution in [1.82, 2.24) is 20.2 Å². The van der Waals surface area contributed by atoms with Crippen molar-refractivity contribution in [2.24, 2.45) is 0 Å². The van der Waals surface area contributed by atoms with E-state index in [1.165, 1.54) is 10.9 Å². The Kier molecular flexibility index (Phi) is 6.13. The Balaban J connectivity index is 1.27. The molecule has 1 aliphatic heterocycles. The maximum Gasteiger partial charge on any atom is 0.317 e. The lowest BCUT2D eigenvalue weighted by molar-refractivity contribution is 0.194. The molecule has 1 aliphatic rings. The number of anilines is 1. The SMILES string of the molecule is N#Cc1cccnc1N1CCN(C(=O)NCC(c2ccccc2)c2c[nH]c3ccccc23)CC1. The number of pyridine rings is 1. The molecular formula is C27H26N6O. The Morgan fingerprint density at radius 2 is 1.79 bits per heavy atom. The Morgan fingerprint density at radius 1 is 1.03 bits per heavy atom. The van der Waals surface area contributed by atoms with Crippen molar-refractivity contribution < 1.29 is 4.79 Å². The van der Waals surface area contributed by atoms with Gasteiger partial charge in [-0.1, -0.05) is 48.5 Å². The van der Waals surface area contributed by atoms with Gasteiger partial charge in [-0.3, -0.25) is 0 Å². The van der Waals surface area contributed by atoms with Gasteiger partial charge in [-0.15, -0.1) is 0 Å². The number of amides is 2. The van der Waals surface area contributed by atoms with Crippen LogP contribution < -0.4 is 10.2 Å². The molecule has 0 saturated carbocycles. The summed E-state index contributed by atoms with van der Waals surface area (Å²) in [5.74, 6) is 0.725. The van der Waals surface area contributed by atoms with Crippen LogP contribution in [-0.2, 0) is 0 Å². The minimum Gasteiger partial charge on any atom is -0.361 e. The first-order chi connectivity index (χ1) is 16.7. The van der Waals surface area contributed by atoms with Crippen LogP contribution in [0.3, 0.4) is 0 Å². The smallest absolute Gasteiger partial charge is 0.317 e. The number of H-pyrrole nitrogens is 1. The highest BCUT2D eigenvalue weighted by Gasteiger charge is 2.25. The van der Waals surface area contributed by atoms with Crippen molar-refractivity contribution in [3.05, 3.63) is 95.8 Å². The Labute approximate surface area is 198 Å². The van der Waals surface area contributed by atoms with Crippen LogP contribution >= 0.6 is 0 Å². The van der Waals surface area contributed by atoms with E-state index in [1.807, 2.05) is 41.4 Å². The Morgan fingerprint density at radius 3 is 2.59 bits per heavy atom. The number of nitriles is 1. The fourth-order valence-electron chi connectivity index (χ4n) is 4.63. The number of rotatable bonds is 5. The molecule has 34 heavy (non-hydrogen) atoms. The first-order valence-electron chi connectivity index (χ1n) is 11.5. The van der Waals surface area contributed by atoms with Gasteiger partial charge in [-0.2, -0.15) is 5.26 Å². The second-order valence-corrected chi connectivity index (χ2v) is 8.40. The molecule has 2 aromatic carbocycles. The molecule has 1 unspecified atom stereocenters. The van der Waals surface area contributed by atoms with Gasteiger partial charge in [0.15, 0.2) is 0 Å². The van der Waals surface area contributed by atoms with E-state index in [2.05, 4.69) is 50.5 Å². The molecule has 1 saturated heterocycles. The summed E-state index contributed by atoms with van der Waals surface area (Å²) in [5, 5.41) is 13.7. The predicted octanol–water partition coefficient (Wildman–Crippen LogP) is 4.10. The average Bonchev–Trinajstić information content (AvgIpc) is 3.33. The van der Waals surface area contributed by atoms with Gasteiger partial charge in [-0.25, -0.2) is 9.78 Å². The molecule has 170 valence electrons. The number of aromatic amines is 1. The molecule has 0 radical (unpaired) electrons. The van der Waals surface area contributed by atoms with E-state index >= 15 is 0 Å². The monoisotopic (exact) mass is 450 g/mol. The minimum atomic E-state index is -0.0676. The third-order valence-electron chi connectivity index (χ3n) is 6.43. The highest BCUT2D eigenvalue weighted by Crippen LogP contribution is 2.30. The van der Waals surface area contributed by atoms with Crippen LogP contribution in [0.2, 0.25) is 0 Å². The van der Waals surface area contributed by atoms with Crippen molar-refractivity contribution in [2.45, 2.75) is 5.92 Å². The second kappa shape index (κ2) is 9.67. The number of piperazine rings is 1. The Hall–Kier alpha value is -4.31. The molecule has 3 heterocycles. The van der Waals surface area contributed by atoms with Crippen LogP contribution in [0.4, 0.5) is 10.6 Å². The Bertz CT molecular complexity index is 1320. The maximum atomic E-state index is 13.1. The first kappa shape index (κ1) is 21.5. The zero-order chi connectivity index (χ0) is 23.3. The lowest BCUT2D eigenvalue weighted by atomic mass is 9.91. The standard InChI is InChI=1S/C27H26N6O/c28-17-21-9-6-12-29-26(21)32-13-15-33(16-14-32)27(34)31-18-23(20-7-2-1-3-8-20)24-19-30-25-11-5-4-10-22(24)25/h1-12,19,23,30H,13-16,18H2,(H,31,34). The van der Waals surface area contributed by atoms with Gasteiger partial charge in [0.05, 0.1) is 5.56 Å². The summed E-state index contributed by atoms with van der Waals surface area (Å²) in [6, 6.07) is 24.2. The summed E-state index contributed by atoms with van der Waals surface area (Å²) in [6.45, 7) is 2.95. The number of nitrogens with one attached hydrogen (secondary N) is 2. The molecule has 0 aliphatic carbocycles. The van der Waals surface area contributed by atoms with Crippen LogP contribution in [0.1, 0.15) is 22.6 Å². The largest absolute Gasteiger partial charge is 0.361 e. The summed E-state index contributed by atoms with van der Waals surface area (Å²) in [4.78, 5) is 24.7. The highest BCUT2D eigenvalue weighted by atomic mass is 16.2. The number of benzene rings is 2. The number of aromatic nitrogens is 2. The molecule has 1 fully saturated rings. The third-order valence-corrected chi connectivity index (χ3v) is 6.43. The van der Waals surface area contributed by atoms with Gasteiger partial charge >= 0.3 is 6.03 Å². The van der Waals surface area contributed by atoms with Crippen LogP contribution in [0.5, 0.6) is 0 Å². The van der Waals surface area contributed by atoms with Crippen LogP contribution in [-0.4, -0.2) is 53.6 Å². The molecule has 2 aromatic heterocycles. The lowest BCUT2D eigenvalue weighted by Gasteiger charge is -2.35. The average molecular weight is 451 g/mol. The quantitative estimate of drug-likeness (QED) is 0.479. The first-order valence-corrected chi connectivity index (χ1v) is 11.5. The molecule has 4 aromatic rings. The maximum absolute atomic E-state index is 13.1. The van der Waals surface area contributed by atoms with Gasteiger partial charge in [0.25, 0.3) is 0 Å². The number of para-hydroxylation sites is 1. The van der Waals surface area contributed by atoms with E-state index in [9.17, 15) is 10.1 Å². The van der Waals surface area contributed by atoms with Crippen molar-refractivity contribution in [2.75, 3.05) is 37.6 Å². The number of carbonyl (C=O) groups excluding carboxylic acids is 1. The predicted molar refractivity (Wildman–Crippen MR) is 133 cm³/mol. The van der Waals surface area contributed by atoms with E-state index in [4.69, 9.17) is 0 Å².